The van der Waals surface area contributed by atoms with Crippen LogP contribution in [0.5, 0.6) is 11.5 Å². The molecule has 0 radical (unpaired) electrons. The second-order valence-corrected chi connectivity index (χ2v) is 7.39. The van der Waals surface area contributed by atoms with Crippen molar-refractivity contribution in [1.82, 2.24) is 5.32 Å². The summed E-state index contributed by atoms with van der Waals surface area (Å²) in [5.41, 5.74) is 2.45. The van der Waals surface area contributed by atoms with E-state index in [1.165, 1.54) is 12.1 Å². The van der Waals surface area contributed by atoms with Crippen LogP contribution in [0.3, 0.4) is 0 Å². The fourth-order valence-electron chi connectivity index (χ4n) is 2.60. The molecular formula is C20H21Cl2F2NO3. The number of amides is 1. The molecule has 1 amide bonds. The fourth-order valence-corrected chi connectivity index (χ4v) is 3.20. The molecule has 0 bridgehead atoms. The van der Waals surface area contributed by atoms with Gasteiger partial charge < -0.3 is 15.2 Å². The fraction of sp³-hybridized carbons (Fsp3) is 0.350. The van der Waals surface area contributed by atoms with E-state index in [0.717, 1.165) is 11.1 Å². The van der Waals surface area contributed by atoms with Gasteiger partial charge in [-0.2, -0.15) is 0 Å². The molecule has 0 spiro atoms. The number of hydrogen-bond acceptors (Lipinski definition) is 3. The lowest BCUT2D eigenvalue weighted by molar-refractivity contribution is -0.123. The zero-order valence-corrected chi connectivity index (χ0v) is 17.0. The minimum atomic E-state index is -2.62. The van der Waals surface area contributed by atoms with Crippen molar-refractivity contribution < 1.29 is 23.4 Å². The van der Waals surface area contributed by atoms with Gasteiger partial charge in [-0.05, 0) is 40.8 Å². The Morgan fingerprint density at radius 1 is 1.18 bits per heavy atom. The van der Waals surface area contributed by atoms with Gasteiger partial charge in [-0.25, -0.2) is 8.78 Å². The molecule has 152 valence electrons. The Morgan fingerprint density at radius 2 is 1.82 bits per heavy atom. The van der Waals surface area contributed by atoms with Gasteiger partial charge in [0.05, 0.1) is 6.54 Å². The van der Waals surface area contributed by atoms with E-state index in [9.17, 15) is 18.7 Å². The van der Waals surface area contributed by atoms with Crippen LogP contribution >= 0.6 is 23.2 Å². The number of halogens is 4. The quantitative estimate of drug-likeness (QED) is 0.605. The van der Waals surface area contributed by atoms with Crippen molar-refractivity contribution in [3.63, 3.8) is 0 Å². The Hall–Kier alpha value is -2.05. The van der Waals surface area contributed by atoms with Crippen molar-refractivity contribution in [3.8, 4) is 11.5 Å². The van der Waals surface area contributed by atoms with Gasteiger partial charge in [-0.15, -0.1) is 0 Å². The predicted molar refractivity (Wildman–Crippen MR) is 106 cm³/mol. The number of phenolic OH excluding ortho intramolecular Hbond substituents is 1. The summed E-state index contributed by atoms with van der Waals surface area (Å²) in [5, 5.41) is 12.7. The molecule has 0 aromatic heterocycles. The molecule has 0 heterocycles. The van der Waals surface area contributed by atoms with Gasteiger partial charge in [0.15, 0.2) is 6.61 Å². The lowest BCUT2D eigenvalue weighted by atomic mass is 9.96. The largest absolute Gasteiger partial charge is 0.508 e. The average molecular weight is 432 g/mol. The van der Waals surface area contributed by atoms with E-state index in [1.807, 2.05) is 25.2 Å². The number of carbonyl (C=O) groups is 1. The lowest BCUT2D eigenvalue weighted by Gasteiger charge is -2.14. The molecule has 0 saturated carbocycles. The van der Waals surface area contributed by atoms with Gasteiger partial charge >= 0.3 is 0 Å². The molecule has 0 atom stereocenters. The first kappa shape index (κ1) is 22.2. The van der Waals surface area contributed by atoms with E-state index in [-0.39, 0.29) is 17.4 Å². The molecule has 8 heteroatoms. The molecule has 0 saturated heterocycles. The number of aromatic hydroxyl groups is 1. The summed E-state index contributed by atoms with van der Waals surface area (Å²) in [5.74, 6) is 0.00384. The monoisotopic (exact) mass is 431 g/mol. The second kappa shape index (κ2) is 9.94. The number of ether oxygens (including phenoxy) is 1. The highest BCUT2D eigenvalue weighted by molar-refractivity contribution is 6.36. The first-order valence-corrected chi connectivity index (χ1v) is 9.40. The Bertz CT molecular complexity index is 821. The van der Waals surface area contributed by atoms with Crippen molar-refractivity contribution in [3.05, 3.63) is 57.1 Å². The third kappa shape index (κ3) is 6.24. The van der Waals surface area contributed by atoms with Crippen molar-refractivity contribution in [2.75, 3.05) is 13.2 Å². The van der Waals surface area contributed by atoms with Crippen molar-refractivity contribution >= 4 is 29.1 Å². The number of hydrogen-bond donors (Lipinski definition) is 2. The summed E-state index contributed by atoms with van der Waals surface area (Å²) in [6.07, 6.45) is -2.17. The molecule has 0 unspecified atom stereocenters. The summed E-state index contributed by atoms with van der Waals surface area (Å²) in [6.45, 7) is 2.83. The first-order chi connectivity index (χ1) is 13.2. The summed E-state index contributed by atoms with van der Waals surface area (Å²) in [6, 6.07) is 8.39. The molecule has 2 N–H and O–H groups in total. The highest BCUT2D eigenvalue weighted by Crippen LogP contribution is 2.33. The van der Waals surface area contributed by atoms with Gasteiger partial charge in [0.25, 0.3) is 12.3 Å². The average Bonchev–Trinajstić information content (AvgIpc) is 2.62. The third-order valence-corrected chi connectivity index (χ3v) is 4.71. The zero-order valence-electron chi connectivity index (χ0n) is 15.4. The molecular weight excluding hydrogens is 411 g/mol. The van der Waals surface area contributed by atoms with Crippen molar-refractivity contribution in [2.45, 2.75) is 32.6 Å². The molecule has 0 aliphatic heterocycles. The van der Waals surface area contributed by atoms with Gasteiger partial charge in [0.1, 0.15) is 11.5 Å². The van der Waals surface area contributed by atoms with Crippen LogP contribution in [0.1, 0.15) is 36.5 Å². The lowest BCUT2D eigenvalue weighted by Crippen LogP contribution is -2.32. The van der Waals surface area contributed by atoms with Crippen LogP contribution in [0, 0.1) is 0 Å². The van der Waals surface area contributed by atoms with Crippen LogP contribution in [0.2, 0.25) is 10.0 Å². The third-order valence-electron chi connectivity index (χ3n) is 4.03. The minimum absolute atomic E-state index is 0.165. The van der Waals surface area contributed by atoms with Crippen LogP contribution < -0.4 is 10.1 Å². The number of phenols is 1. The summed E-state index contributed by atoms with van der Waals surface area (Å²) >= 11 is 12.6. The molecule has 28 heavy (non-hydrogen) atoms. The standard InChI is InChI=1S/C20H21Cl2F2NO3/c1-11(2)14-5-12(3-4-18(14)26)6-15-16(21)7-13(8-17(15)22)28-10-20(27)25-9-19(23)24/h3-5,7-8,11,19,26H,6,9-10H2,1-2H3,(H,25,27). The molecule has 2 aromatic rings. The molecule has 4 nitrogen and oxygen atoms in total. The molecule has 0 fully saturated rings. The van der Waals surface area contributed by atoms with Gasteiger partial charge in [-0.1, -0.05) is 49.2 Å². The first-order valence-electron chi connectivity index (χ1n) is 8.64. The molecule has 0 aliphatic rings. The van der Waals surface area contributed by atoms with E-state index >= 15 is 0 Å². The van der Waals surface area contributed by atoms with Crippen molar-refractivity contribution in [2.24, 2.45) is 0 Å². The van der Waals surface area contributed by atoms with Crippen LogP contribution in [-0.4, -0.2) is 30.6 Å². The van der Waals surface area contributed by atoms with Crippen LogP contribution in [0.15, 0.2) is 30.3 Å². The maximum Gasteiger partial charge on any atom is 0.258 e. The SMILES string of the molecule is CC(C)c1cc(Cc2c(Cl)cc(OCC(=O)NCC(F)F)cc2Cl)ccc1O. The number of benzene rings is 2. The van der Waals surface area contributed by atoms with E-state index in [0.29, 0.717) is 22.0 Å². The van der Waals surface area contributed by atoms with E-state index in [4.69, 9.17) is 27.9 Å². The molecule has 2 rings (SSSR count). The second-order valence-electron chi connectivity index (χ2n) is 6.57. The van der Waals surface area contributed by atoms with Crippen LogP contribution in [0.25, 0.3) is 0 Å². The molecule has 2 aromatic carbocycles. The van der Waals surface area contributed by atoms with E-state index in [1.54, 1.807) is 12.1 Å². The number of nitrogens with one attached hydrogen (secondary N) is 1. The smallest absolute Gasteiger partial charge is 0.258 e. The number of carbonyl (C=O) groups excluding carboxylic acids is 1. The normalized spacial score (nSPS) is 11.1. The summed E-state index contributed by atoms with van der Waals surface area (Å²) in [7, 11) is 0. The number of alkyl halides is 2. The van der Waals surface area contributed by atoms with Crippen LogP contribution in [-0.2, 0) is 11.2 Å². The van der Waals surface area contributed by atoms with Crippen LogP contribution in [0.4, 0.5) is 8.78 Å². The predicted octanol–water partition coefficient (Wildman–Crippen LogP) is 5.17. The Labute approximate surface area is 172 Å². The van der Waals surface area contributed by atoms with E-state index in [2.05, 4.69) is 0 Å². The minimum Gasteiger partial charge on any atom is -0.508 e. The summed E-state index contributed by atoms with van der Waals surface area (Å²) in [4.78, 5) is 11.5. The van der Waals surface area contributed by atoms with Gasteiger partial charge in [-0.3, -0.25) is 4.79 Å². The maximum atomic E-state index is 12.1. The highest BCUT2D eigenvalue weighted by atomic mass is 35.5. The Kier molecular flexibility index (Phi) is 7.89. The van der Waals surface area contributed by atoms with Crippen molar-refractivity contribution in [1.29, 1.82) is 0 Å². The highest BCUT2D eigenvalue weighted by Gasteiger charge is 2.14. The van der Waals surface area contributed by atoms with E-state index < -0.39 is 25.5 Å². The van der Waals surface area contributed by atoms with Gasteiger partial charge in [0, 0.05) is 16.5 Å². The molecule has 0 aliphatic carbocycles. The zero-order chi connectivity index (χ0) is 20.8. The van der Waals surface area contributed by atoms with Gasteiger partial charge in [0.2, 0.25) is 0 Å². The topological polar surface area (TPSA) is 58.6 Å². The Balaban J connectivity index is 2.10. The number of rotatable bonds is 8. The Morgan fingerprint density at radius 3 is 2.39 bits per heavy atom. The maximum absolute atomic E-state index is 12.1. The summed E-state index contributed by atoms with van der Waals surface area (Å²) < 4.78 is 29.4.